The number of alkyl halides is 2. The van der Waals surface area contributed by atoms with E-state index in [4.69, 9.17) is 14.6 Å². The Labute approximate surface area is 170 Å². The molecule has 162 valence electrons. The fraction of sp³-hybridized carbons (Fsp3) is 0.389. The van der Waals surface area contributed by atoms with E-state index in [1.807, 2.05) is 0 Å². The van der Waals surface area contributed by atoms with Gasteiger partial charge >= 0.3 is 12.1 Å². The first kappa shape index (κ1) is 21.3. The second kappa shape index (κ2) is 8.14. The maximum atomic E-state index is 13.3. The van der Waals surface area contributed by atoms with Crippen molar-refractivity contribution in [2.45, 2.75) is 32.0 Å². The fourth-order valence-electron chi connectivity index (χ4n) is 3.27. The Balaban J connectivity index is 0.00000256. The molecule has 0 radical (unpaired) electrons. The number of fused-ring (bicyclic) bond motifs is 3. The maximum absolute atomic E-state index is 13.3. The Kier molecular flexibility index (Phi) is 5.78. The van der Waals surface area contributed by atoms with Crippen molar-refractivity contribution in [1.82, 2.24) is 15.7 Å². The summed E-state index contributed by atoms with van der Waals surface area (Å²) in [5.74, 6) is 0.0189. The van der Waals surface area contributed by atoms with Crippen LogP contribution in [-0.4, -0.2) is 58.4 Å². The number of aliphatic carboxylic acids is 1. The van der Waals surface area contributed by atoms with E-state index >= 15 is 0 Å². The van der Waals surface area contributed by atoms with E-state index in [9.17, 15) is 18.4 Å². The molecular formula is C18H21F2N5O5. The standard InChI is InChI=1S/C18H18F2N4O5.H3N/c1-9(17(25)26)21-10-2-3-11-13(6-10)28-5-4-23-7-14(22-16(11)23)24-12(15(19)20)8-29-18(24)27;/h2-3,6-7,9,12,15,21H,4-5,8H2,1H3,(H,25,26);1H3/t9-,12-;/m0./s1. The summed E-state index contributed by atoms with van der Waals surface area (Å²) in [6.07, 6.45) is -2.10. The monoisotopic (exact) mass is 425 g/mol. The average Bonchev–Trinajstić information content (AvgIpc) is 3.21. The number of aromatic nitrogens is 2. The van der Waals surface area contributed by atoms with Gasteiger partial charge in [0.2, 0.25) is 0 Å². The van der Waals surface area contributed by atoms with E-state index in [0.717, 1.165) is 4.90 Å². The van der Waals surface area contributed by atoms with Crippen LogP contribution in [0.2, 0.25) is 0 Å². The van der Waals surface area contributed by atoms with Gasteiger partial charge in [-0.25, -0.2) is 23.5 Å². The number of cyclic esters (lactones) is 1. The Morgan fingerprint density at radius 3 is 2.83 bits per heavy atom. The molecule has 5 N–H and O–H groups in total. The molecule has 3 heterocycles. The summed E-state index contributed by atoms with van der Waals surface area (Å²) in [6.45, 7) is 1.81. The van der Waals surface area contributed by atoms with Gasteiger partial charge in [0, 0.05) is 18.0 Å². The maximum Gasteiger partial charge on any atom is 0.416 e. The lowest BCUT2D eigenvalue weighted by atomic mass is 10.1. The summed E-state index contributed by atoms with van der Waals surface area (Å²) in [6, 6.07) is 2.86. The number of ether oxygens (including phenoxy) is 2. The minimum Gasteiger partial charge on any atom is -0.491 e. The predicted molar refractivity (Wildman–Crippen MR) is 103 cm³/mol. The van der Waals surface area contributed by atoms with Crippen LogP contribution in [0, 0.1) is 0 Å². The topological polar surface area (TPSA) is 141 Å². The van der Waals surface area contributed by atoms with Crippen LogP contribution in [-0.2, 0) is 16.1 Å². The lowest BCUT2D eigenvalue weighted by Crippen LogP contribution is -2.38. The molecule has 30 heavy (non-hydrogen) atoms. The number of imidazole rings is 1. The number of hydrogen-bond donors (Lipinski definition) is 3. The van der Waals surface area contributed by atoms with E-state index in [-0.39, 0.29) is 18.6 Å². The van der Waals surface area contributed by atoms with Crippen LogP contribution < -0.4 is 21.1 Å². The number of hydrogen-bond acceptors (Lipinski definition) is 7. The normalized spacial score (nSPS) is 18.5. The molecule has 0 aliphatic carbocycles. The Bertz CT molecular complexity index is 966. The van der Waals surface area contributed by atoms with Crippen LogP contribution in [0.4, 0.5) is 25.1 Å². The number of amides is 1. The van der Waals surface area contributed by atoms with Crippen molar-refractivity contribution in [3.8, 4) is 17.1 Å². The molecule has 0 bridgehead atoms. The second-order valence-corrected chi connectivity index (χ2v) is 6.73. The smallest absolute Gasteiger partial charge is 0.416 e. The number of benzene rings is 1. The number of nitrogens with one attached hydrogen (secondary N) is 1. The molecule has 2 aliphatic heterocycles. The van der Waals surface area contributed by atoms with Gasteiger partial charge in [0.15, 0.2) is 5.82 Å². The predicted octanol–water partition coefficient (Wildman–Crippen LogP) is 2.58. The van der Waals surface area contributed by atoms with Crippen molar-refractivity contribution in [3.63, 3.8) is 0 Å². The summed E-state index contributed by atoms with van der Waals surface area (Å²) in [5.41, 5.74) is 1.16. The molecule has 2 aliphatic rings. The van der Waals surface area contributed by atoms with E-state index in [1.54, 1.807) is 22.8 Å². The Morgan fingerprint density at radius 1 is 1.37 bits per heavy atom. The summed E-state index contributed by atoms with van der Waals surface area (Å²) < 4.78 is 38.8. The second-order valence-electron chi connectivity index (χ2n) is 6.73. The molecule has 12 heteroatoms. The zero-order valence-corrected chi connectivity index (χ0v) is 16.0. The van der Waals surface area contributed by atoms with Gasteiger partial charge < -0.3 is 30.6 Å². The molecule has 2 aromatic rings. The van der Waals surface area contributed by atoms with Crippen LogP contribution in [0.15, 0.2) is 24.4 Å². The summed E-state index contributed by atoms with van der Waals surface area (Å²) in [5, 5.41) is 11.9. The van der Waals surface area contributed by atoms with Crippen molar-refractivity contribution >= 4 is 23.6 Å². The highest BCUT2D eigenvalue weighted by atomic mass is 19.3. The minimum absolute atomic E-state index is 0. The van der Waals surface area contributed by atoms with Crippen LogP contribution >= 0.6 is 0 Å². The van der Waals surface area contributed by atoms with Crippen molar-refractivity contribution < 1.29 is 33.0 Å². The lowest BCUT2D eigenvalue weighted by Gasteiger charge is -2.17. The first-order valence-corrected chi connectivity index (χ1v) is 8.93. The molecule has 0 spiro atoms. The average molecular weight is 425 g/mol. The number of carboxylic acid groups (broad SMARTS) is 1. The third kappa shape index (κ3) is 3.73. The van der Waals surface area contributed by atoms with Gasteiger partial charge in [-0.3, -0.25) is 4.79 Å². The molecular weight excluding hydrogens is 404 g/mol. The fourth-order valence-corrected chi connectivity index (χ4v) is 3.27. The number of carboxylic acids is 1. The zero-order chi connectivity index (χ0) is 20.7. The summed E-state index contributed by atoms with van der Waals surface area (Å²) in [7, 11) is 0. The van der Waals surface area contributed by atoms with Gasteiger partial charge in [0.25, 0.3) is 6.43 Å². The third-order valence-corrected chi connectivity index (χ3v) is 4.77. The van der Waals surface area contributed by atoms with Crippen molar-refractivity contribution in [2.24, 2.45) is 0 Å². The molecule has 4 rings (SSSR count). The van der Waals surface area contributed by atoms with E-state index in [1.165, 1.54) is 13.1 Å². The van der Waals surface area contributed by atoms with Gasteiger partial charge in [-0.2, -0.15) is 0 Å². The van der Waals surface area contributed by atoms with Gasteiger partial charge in [0.05, 0.1) is 12.1 Å². The SMILES string of the molecule is C[C@H](Nc1ccc2c(c1)OCCn1cc(N3C(=O)OC[C@H]3C(F)F)nc1-2)C(=O)O.N. The molecule has 1 fully saturated rings. The Morgan fingerprint density at radius 2 is 2.13 bits per heavy atom. The largest absolute Gasteiger partial charge is 0.491 e. The number of nitrogens with zero attached hydrogens (tertiary/aromatic N) is 3. The molecule has 1 amide bonds. The van der Waals surface area contributed by atoms with Crippen LogP contribution in [0.3, 0.4) is 0 Å². The molecule has 1 saturated heterocycles. The van der Waals surface area contributed by atoms with Crippen LogP contribution in [0.25, 0.3) is 11.4 Å². The van der Waals surface area contributed by atoms with Crippen molar-refractivity contribution in [2.75, 3.05) is 23.4 Å². The number of carbonyl (C=O) groups excluding carboxylic acids is 1. The first-order valence-electron chi connectivity index (χ1n) is 8.93. The van der Waals surface area contributed by atoms with E-state index < -0.39 is 37.2 Å². The third-order valence-electron chi connectivity index (χ3n) is 4.77. The minimum atomic E-state index is -2.76. The quantitative estimate of drug-likeness (QED) is 0.664. The number of anilines is 2. The summed E-state index contributed by atoms with van der Waals surface area (Å²) in [4.78, 5) is 28.3. The lowest BCUT2D eigenvalue weighted by molar-refractivity contribution is -0.137. The summed E-state index contributed by atoms with van der Waals surface area (Å²) >= 11 is 0. The Hall–Kier alpha value is -3.41. The zero-order valence-electron chi connectivity index (χ0n) is 16.0. The highest BCUT2D eigenvalue weighted by molar-refractivity contribution is 5.89. The first-order chi connectivity index (χ1) is 13.8. The molecule has 1 aromatic heterocycles. The van der Waals surface area contributed by atoms with Crippen molar-refractivity contribution in [3.05, 3.63) is 24.4 Å². The molecule has 10 nitrogen and oxygen atoms in total. The molecule has 0 unspecified atom stereocenters. The van der Waals surface area contributed by atoms with Gasteiger partial charge in [-0.15, -0.1) is 0 Å². The molecule has 1 aromatic carbocycles. The van der Waals surface area contributed by atoms with Gasteiger partial charge in [-0.05, 0) is 19.1 Å². The van der Waals surface area contributed by atoms with Crippen LogP contribution in [0.5, 0.6) is 5.75 Å². The van der Waals surface area contributed by atoms with Crippen LogP contribution in [0.1, 0.15) is 6.92 Å². The number of carbonyl (C=O) groups is 2. The number of halogens is 2. The highest BCUT2D eigenvalue weighted by Crippen LogP contribution is 2.36. The van der Waals surface area contributed by atoms with E-state index in [2.05, 4.69) is 10.3 Å². The van der Waals surface area contributed by atoms with Gasteiger partial charge in [-0.1, -0.05) is 0 Å². The molecule has 0 saturated carbocycles. The number of rotatable bonds is 5. The van der Waals surface area contributed by atoms with E-state index in [0.29, 0.717) is 29.4 Å². The van der Waals surface area contributed by atoms with Gasteiger partial charge in [0.1, 0.15) is 36.9 Å². The van der Waals surface area contributed by atoms with Crippen molar-refractivity contribution in [1.29, 1.82) is 0 Å². The molecule has 2 atom stereocenters. The highest BCUT2D eigenvalue weighted by Gasteiger charge is 2.42.